The maximum atomic E-state index is 9.67. The molecule has 1 aliphatic carbocycles. The second-order valence-corrected chi connectivity index (χ2v) is 9.53. The second kappa shape index (κ2) is 10.6. The summed E-state index contributed by atoms with van der Waals surface area (Å²) in [5, 5.41) is 56.2. The Bertz CT molecular complexity index is 1450. The molecule has 0 saturated carbocycles. The van der Waals surface area contributed by atoms with Crippen molar-refractivity contribution in [3.05, 3.63) is 92.6 Å². The molecule has 0 amide bonds. The van der Waals surface area contributed by atoms with Crippen LogP contribution >= 0.6 is 0 Å². The largest absolute Gasteiger partial charge is 0.480 e. The third-order valence-corrected chi connectivity index (χ3v) is 6.27. The third kappa shape index (κ3) is 5.03. The van der Waals surface area contributed by atoms with Crippen molar-refractivity contribution in [2.75, 3.05) is 0 Å². The summed E-state index contributed by atoms with van der Waals surface area (Å²) in [6.45, 7) is 7.10. The van der Waals surface area contributed by atoms with Gasteiger partial charge in [-0.2, -0.15) is 31.6 Å². The average Bonchev–Trinajstić information content (AvgIpc) is 3.30. The minimum Gasteiger partial charge on any atom is -0.480 e. The van der Waals surface area contributed by atoms with Crippen molar-refractivity contribution in [3.8, 4) is 36.4 Å². The molecular weight excluding hydrogens is 476 g/mol. The zero-order valence-corrected chi connectivity index (χ0v) is 21.4. The second-order valence-electron chi connectivity index (χ2n) is 9.53. The van der Waals surface area contributed by atoms with E-state index >= 15 is 0 Å². The van der Waals surface area contributed by atoms with Crippen molar-refractivity contribution in [2.45, 2.75) is 51.7 Å². The highest BCUT2D eigenvalue weighted by atomic mass is 16.5. The van der Waals surface area contributed by atoms with Crippen molar-refractivity contribution in [1.29, 1.82) is 31.6 Å². The van der Waals surface area contributed by atoms with E-state index in [1.165, 1.54) is 0 Å². The molecule has 8 nitrogen and oxygen atoms in total. The molecule has 3 rings (SSSR count). The van der Waals surface area contributed by atoms with E-state index in [0.29, 0.717) is 11.1 Å². The molecule has 184 valence electrons. The molecule has 0 spiro atoms. The smallest absolute Gasteiger partial charge is 0.172 e. The number of allylic oxidation sites excluding steroid dienone is 10. The molecular formula is C30H22N6O2. The first-order valence-electron chi connectivity index (χ1n) is 11.6. The van der Waals surface area contributed by atoms with Gasteiger partial charge in [0.2, 0.25) is 0 Å². The molecule has 2 aliphatic heterocycles. The fraction of sp³-hybridized carbons (Fsp3) is 0.267. The normalized spacial score (nSPS) is 19.3. The van der Waals surface area contributed by atoms with Gasteiger partial charge < -0.3 is 9.47 Å². The summed E-state index contributed by atoms with van der Waals surface area (Å²) in [7, 11) is 0. The summed E-state index contributed by atoms with van der Waals surface area (Å²) in [5.41, 5.74) is 1.33. The lowest BCUT2D eigenvalue weighted by Crippen LogP contribution is -2.21. The van der Waals surface area contributed by atoms with Crippen LogP contribution in [0.2, 0.25) is 0 Å². The van der Waals surface area contributed by atoms with Crippen molar-refractivity contribution >= 4 is 0 Å². The minimum absolute atomic E-state index is 0.00613. The van der Waals surface area contributed by atoms with E-state index in [9.17, 15) is 31.6 Å². The van der Waals surface area contributed by atoms with Gasteiger partial charge in [-0.3, -0.25) is 0 Å². The van der Waals surface area contributed by atoms with E-state index in [2.05, 4.69) is 12.1 Å². The number of rotatable bonds is 4. The van der Waals surface area contributed by atoms with Gasteiger partial charge in [0.15, 0.2) is 22.7 Å². The maximum absolute atomic E-state index is 9.67. The van der Waals surface area contributed by atoms with E-state index in [1.54, 1.807) is 64.1 Å². The highest BCUT2D eigenvalue weighted by Gasteiger charge is 2.39. The Kier molecular flexibility index (Phi) is 7.55. The van der Waals surface area contributed by atoms with E-state index in [4.69, 9.17) is 9.47 Å². The van der Waals surface area contributed by atoms with Crippen molar-refractivity contribution < 1.29 is 9.47 Å². The Balaban J connectivity index is 1.91. The van der Waals surface area contributed by atoms with Gasteiger partial charge in [-0.15, -0.1) is 0 Å². The van der Waals surface area contributed by atoms with Crippen molar-refractivity contribution in [3.63, 3.8) is 0 Å². The Labute approximate surface area is 221 Å². The number of nitriles is 6. The molecule has 0 radical (unpaired) electrons. The third-order valence-electron chi connectivity index (χ3n) is 6.27. The van der Waals surface area contributed by atoms with Gasteiger partial charge >= 0.3 is 0 Å². The van der Waals surface area contributed by atoms with E-state index < -0.39 is 11.2 Å². The molecule has 0 atom stereocenters. The quantitative estimate of drug-likeness (QED) is 0.452. The highest BCUT2D eigenvalue weighted by molar-refractivity contribution is 5.62. The highest BCUT2D eigenvalue weighted by Crippen LogP contribution is 2.41. The van der Waals surface area contributed by atoms with Crippen molar-refractivity contribution in [2.24, 2.45) is 0 Å². The van der Waals surface area contributed by atoms with Gasteiger partial charge in [0, 0.05) is 11.1 Å². The van der Waals surface area contributed by atoms with E-state index in [0.717, 1.165) is 24.0 Å². The fourth-order valence-corrected chi connectivity index (χ4v) is 4.29. The number of nitrogens with zero attached hydrogens (tertiary/aromatic N) is 6. The van der Waals surface area contributed by atoms with Crippen LogP contribution in [0.3, 0.4) is 0 Å². The molecule has 2 heterocycles. The lowest BCUT2D eigenvalue weighted by atomic mass is 9.91. The first kappa shape index (κ1) is 27.1. The monoisotopic (exact) mass is 498 g/mol. The van der Waals surface area contributed by atoms with E-state index in [-0.39, 0.29) is 33.8 Å². The summed E-state index contributed by atoms with van der Waals surface area (Å²) in [4.78, 5) is 0. The molecule has 0 bridgehead atoms. The van der Waals surface area contributed by atoms with Crippen LogP contribution in [-0.4, -0.2) is 11.2 Å². The standard InChI is InChI=1S/C30H22N6O2/c1-29(2)25(23(17-35)27(37-29)21(13-31)14-32)11-9-19-5-7-20(8-6-19)10-12-26-24(18-36)28(22(15-33)16-34)38-30(26,3)4/h5,7,9-12H,6,8H2,1-4H3/b11-9+,12-10+. The van der Waals surface area contributed by atoms with Gasteiger partial charge in [-0.05, 0) is 51.7 Å². The van der Waals surface area contributed by atoms with Crippen LogP contribution in [0.15, 0.2) is 92.6 Å². The summed E-state index contributed by atoms with van der Waals surface area (Å²) in [5.74, 6) is 0.0123. The number of hydrogen-bond acceptors (Lipinski definition) is 8. The predicted octanol–water partition coefficient (Wildman–Crippen LogP) is 5.61. The fourth-order valence-electron chi connectivity index (χ4n) is 4.29. The van der Waals surface area contributed by atoms with Gasteiger partial charge in [-0.25, -0.2) is 0 Å². The van der Waals surface area contributed by atoms with Crippen LogP contribution in [-0.2, 0) is 9.47 Å². The SMILES string of the molecule is CC1(C)OC(=C(C#N)C#N)C(C#N)=C1/C=C/C1=CC=C(/C=C/C2=C(C#N)C(=C(C#N)C#N)OC2(C)C)CC1. The molecule has 0 fully saturated rings. The van der Waals surface area contributed by atoms with Gasteiger partial charge in [-0.1, -0.05) is 36.5 Å². The van der Waals surface area contributed by atoms with Crippen LogP contribution in [0.1, 0.15) is 40.5 Å². The molecule has 0 unspecified atom stereocenters. The number of hydrogen-bond donors (Lipinski definition) is 0. The molecule has 0 aromatic heterocycles. The zero-order valence-electron chi connectivity index (χ0n) is 21.4. The van der Waals surface area contributed by atoms with Crippen LogP contribution in [0.25, 0.3) is 0 Å². The summed E-state index contributed by atoms with van der Waals surface area (Å²) < 4.78 is 11.6. The Hall–Kier alpha value is -5.54. The van der Waals surface area contributed by atoms with Crippen LogP contribution in [0.5, 0.6) is 0 Å². The van der Waals surface area contributed by atoms with Gasteiger partial charge in [0.1, 0.15) is 58.8 Å². The Morgan fingerprint density at radius 2 is 0.974 bits per heavy atom. The maximum Gasteiger partial charge on any atom is 0.172 e. The molecule has 0 aromatic carbocycles. The molecule has 0 aromatic rings. The molecule has 8 heteroatoms. The Morgan fingerprint density at radius 1 is 0.632 bits per heavy atom. The number of ether oxygens (including phenoxy) is 2. The first-order valence-corrected chi connectivity index (χ1v) is 11.6. The van der Waals surface area contributed by atoms with Gasteiger partial charge in [0.05, 0.1) is 0 Å². The summed E-state index contributed by atoms with van der Waals surface area (Å²) >= 11 is 0. The molecule has 0 saturated heterocycles. The first-order chi connectivity index (χ1) is 18.1. The van der Waals surface area contributed by atoms with Gasteiger partial charge in [0.25, 0.3) is 0 Å². The van der Waals surface area contributed by atoms with Crippen molar-refractivity contribution in [1.82, 2.24) is 0 Å². The predicted molar refractivity (Wildman–Crippen MR) is 136 cm³/mol. The van der Waals surface area contributed by atoms with Crippen LogP contribution < -0.4 is 0 Å². The Morgan fingerprint density at radius 3 is 1.24 bits per heavy atom. The minimum atomic E-state index is -0.874. The zero-order chi connectivity index (χ0) is 28.1. The average molecular weight is 499 g/mol. The summed E-state index contributed by atoms with van der Waals surface area (Å²) in [6.07, 6.45) is 12.7. The van der Waals surface area contributed by atoms with Crippen LogP contribution in [0, 0.1) is 68.0 Å². The van der Waals surface area contributed by atoms with E-state index in [1.807, 2.05) is 24.3 Å². The summed E-state index contributed by atoms with van der Waals surface area (Å²) in [6, 6.07) is 11.3. The topological polar surface area (TPSA) is 161 Å². The molecule has 38 heavy (non-hydrogen) atoms. The lowest BCUT2D eigenvalue weighted by molar-refractivity contribution is 0.0950. The molecule has 0 N–H and O–H groups in total. The van der Waals surface area contributed by atoms with Crippen LogP contribution in [0.4, 0.5) is 0 Å². The lowest BCUT2D eigenvalue weighted by Gasteiger charge is -2.21. The molecule has 3 aliphatic rings.